The van der Waals surface area contributed by atoms with Gasteiger partial charge < -0.3 is 9.47 Å². The number of carbonyl (C=O) groups is 3. The summed E-state index contributed by atoms with van der Waals surface area (Å²) in [6.45, 7) is 6.14. The molecule has 3 rings (SSSR count). The van der Waals surface area contributed by atoms with Gasteiger partial charge in [0.25, 0.3) is 0 Å². The number of rotatable bonds is 5. The van der Waals surface area contributed by atoms with Crippen LogP contribution < -0.4 is 0 Å². The Bertz CT molecular complexity index is 1050. The number of benzene rings is 1. The molecule has 1 aliphatic heterocycles. The van der Waals surface area contributed by atoms with Gasteiger partial charge in [-0.25, -0.2) is 23.1 Å². The highest BCUT2D eigenvalue weighted by Crippen LogP contribution is 2.29. The Balaban J connectivity index is 2.00. The first kappa shape index (κ1) is 24.1. The van der Waals surface area contributed by atoms with Crippen molar-refractivity contribution < 1.29 is 32.6 Å². The van der Waals surface area contributed by atoms with Crippen LogP contribution in [-0.2, 0) is 19.1 Å². The zero-order chi connectivity index (χ0) is 23.8. The van der Waals surface area contributed by atoms with Gasteiger partial charge in [0.15, 0.2) is 5.78 Å². The van der Waals surface area contributed by atoms with E-state index in [9.17, 15) is 23.2 Å². The van der Waals surface area contributed by atoms with Crippen molar-refractivity contribution in [2.24, 2.45) is 0 Å². The number of Topliss-reactive ketones (excluding diaryl/α,β-unsaturated/α-hetero) is 1. The number of alkyl halides is 1. The summed E-state index contributed by atoms with van der Waals surface area (Å²) in [4.78, 5) is 39.7. The van der Waals surface area contributed by atoms with E-state index in [1.807, 2.05) is 0 Å². The maximum absolute atomic E-state index is 14.3. The first-order chi connectivity index (χ1) is 14.9. The number of fused-ring (bicyclic) bond motifs is 1. The monoisotopic (exact) mass is 515 g/mol. The fourth-order valence-corrected chi connectivity index (χ4v) is 3.95. The van der Waals surface area contributed by atoms with Crippen LogP contribution in [0.15, 0.2) is 22.8 Å². The minimum absolute atomic E-state index is 0.0184. The van der Waals surface area contributed by atoms with Gasteiger partial charge in [-0.2, -0.15) is 5.10 Å². The van der Waals surface area contributed by atoms with E-state index in [1.54, 1.807) is 27.7 Å². The summed E-state index contributed by atoms with van der Waals surface area (Å²) in [5, 5.41) is 4.27. The van der Waals surface area contributed by atoms with E-state index < -0.39 is 47.5 Å². The molecule has 2 heterocycles. The number of esters is 1. The lowest BCUT2D eigenvalue weighted by molar-refractivity contribution is -0.152. The molecule has 1 aromatic heterocycles. The zero-order valence-electron chi connectivity index (χ0n) is 18.1. The smallest absolute Gasteiger partial charge is 0.411 e. The second-order valence-corrected chi connectivity index (χ2v) is 9.38. The molecule has 0 radical (unpaired) electrons. The zero-order valence-corrected chi connectivity index (χ0v) is 19.7. The third-order valence-electron chi connectivity index (χ3n) is 4.81. The minimum atomic E-state index is -1.62. The maximum Gasteiger partial charge on any atom is 0.411 e. The molecule has 0 spiro atoms. The number of likely N-dealkylation sites (tertiary alicyclic amines) is 1. The van der Waals surface area contributed by atoms with E-state index in [-0.39, 0.29) is 30.5 Å². The summed E-state index contributed by atoms with van der Waals surface area (Å²) in [6.07, 6.45) is -1.41. The standard InChI is InChI=1S/C21H24BrF2N3O5/c1-5-31-19(29)17(27-10-13-14(24)6-11(22)7-15(13)25-27)18(28)16-8-12(23)9-26(16)20(30)32-21(2,3)4/h6-7,10,12,16-17H,5,8-9H2,1-4H3/t12-,16+,17?/m1/s1. The quantitative estimate of drug-likeness (QED) is 0.442. The molecule has 1 aliphatic rings. The van der Waals surface area contributed by atoms with E-state index >= 15 is 0 Å². The number of ketones is 1. The predicted molar refractivity (Wildman–Crippen MR) is 114 cm³/mol. The Hall–Kier alpha value is -2.56. The minimum Gasteiger partial charge on any atom is -0.464 e. The number of carbonyl (C=O) groups excluding carboxylic acids is 3. The second kappa shape index (κ2) is 9.13. The van der Waals surface area contributed by atoms with Gasteiger partial charge in [0.05, 0.1) is 30.1 Å². The molecule has 0 aliphatic carbocycles. The molecule has 1 saturated heterocycles. The first-order valence-corrected chi connectivity index (χ1v) is 10.9. The van der Waals surface area contributed by atoms with E-state index in [0.717, 1.165) is 9.58 Å². The molecule has 0 N–H and O–H groups in total. The van der Waals surface area contributed by atoms with Crippen molar-refractivity contribution in [2.45, 2.75) is 58.0 Å². The van der Waals surface area contributed by atoms with Crippen molar-refractivity contribution >= 4 is 44.7 Å². The van der Waals surface area contributed by atoms with Crippen molar-refractivity contribution in [2.75, 3.05) is 13.2 Å². The van der Waals surface area contributed by atoms with Crippen LogP contribution in [0.1, 0.15) is 40.2 Å². The van der Waals surface area contributed by atoms with Crippen LogP contribution in [0, 0.1) is 5.82 Å². The first-order valence-electron chi connectivity index (χ1n) is 10.1. The molecule has 3 atom stereocenters. The number of amides is 1. The Morgan fingerprint density at radius 2 is 2.00 bits per heavy atom. The molecule has 11 heteroatoms. The molecular weight excluding hydrogens is 492 g/mol. The Kier molecular flexibility index (Phi) is 6.87. The number of hydrogen-bond acceptors (Lipinski definition) is 6. The van der Waals surface area contributed by atoms with Crippen molar-refractivity contribution in [3.05, 3.63) is 28.6 Å². The van der Waals surface area contributed by atoms with Crippen LogP contribution in [0.25, 0.3) is 10.9 Å². The molecule has 174 valence electrons. The summed E-state index contributed by atoms with van der Waals surface area (Å²) < 4.78 is 40.4. The summed E-state index contributed by atoms with van der Waals surface area (Å²) in [5.74, 6) is -2.33. The third-order valence-corrected chi connectivity index (χ3v) is 5.27. The van der Waals surface area contributed by atoms with Gasteiger partial charge in [-0.05, 0) is 39.8 Å². The SMILES string of the molecule is CCOC(=O)C(C(=O)[C@@H]1C[C@@H](F)CN1C(=O)OC(C)(C)C)n1cc2c(F)cc(Br)cc2n1. The summed E-state index contributed by atoms with van der Waals surface area (Å²) in [6, 6.07) is -0.134. The lowest BCUT2D eigenvalue weighted by atomic mass is 10.0. The number of aromatic nitrogens is 2. The Labute approximate surface area is 191 Å². The molecule has 1 unspecified atom stereocenters. The second-order valence-electron chi connectivity index (χ2n) is 8.47. The molecular formula is C21H24BrF2N3O5. The fourth-order valence-electron chi connectivity index (χ4n) is 3.53. The molecule has 1 aromatic carbocycles. The van der Waals surface area contributed by atoms with Crippen molar-refractivity contribution in [1.82, 2.24) is 14.7 Å². The molecule has 8 nitrogen and oxygen atoms in total. The van der Waals surface area contributed by atoms with E-state index in [4.69, 9.17) is 9.47 Å². The number of nitrogens with zero attached hydrogens (tertiary/aromatic N) is 3. The van der Waals surface area contributed by atoms with Crippen LogP contribution in [0.5, 0.6) is 0 Å². The highest BCUT2D eigenvalue weighted by atomic mass is 79.9. The van der Waals surface area contributed by atoms with Crippen LogP contribution >= 0.6 is 15.9 Å². The summed E-state index contributed by atoms with van der Waals surface area (Å²) in [7, 11) is 0. The highest BCUT2D eigenvalue weighted by molar-refractivity contribution is 9.10. The normalized spacial score (nSPS) is 19.8. The molecule has 0 saturated carbocycles. The number of ether oxygens (including phenoxy) is 2. The lowest BCUT2D eigenvalue weighted by Crippen LogP contribution is -2.47. The van der Waals surface area contributed by atoms with Crippen LogP contribution in [-0.4, -0.2) is 63.5 Å². The molecule has 1 fully saturated rings. The van der Waals surface area contributed by atoms with Crippen molar-refractivity contribution in [1.29, 1.82) is 0 Å². The molecule has 2 aromatic rings. The molecule has 1 amide bonds. The Morgan fingerprint density at radius 1 is 1.31 bits per heavy atom. The van der Waals surface area contributed by atoms with Crippen LogP contribution in [0.2, 0.25) is 0 Å². The van der Waals surface area contributed by atoms with Gasteiger partial charge in [-0.15, -0.1) is 0 Å². The van der Waals surface area contributed by atoms with E-state index in [2.05, 4.69) is 21.0 Å². The summed E-state index contributed by atoms with van der Waals surface area (Å²) >= 11 is 3.17. The van der Waals surface area contributed by atoms with Gasteiger partial charge in [-0.3, -0.25) is 9.69 Å². The highest BCUT2D eigenvalue weighted by Gasteiger charge is 2.46. The van der Waals surface area contributed by atoms with Gasteiger partial charge in [0.2, 0.25) is 6.04 Å². The van der Waals surface area contributed by atoms with Crippen molar-refractivity contribution in [3.8, 4) is 0 Å². The summed E-state index contributed by atoms with van der Waals surface area (Å²) in [5.41, 5.74) is -0.651. The fraction of sp³-hybridized carbons (Fsp3) is 0.524. The molecule has 0 bridgehead atoms. The third kappa shape index (κ3) is 5.08. The Morgan fingerprint density at radius 3 is 2.62 bits per heavy atom. The number of halogens is 3. The van der Waals surface area contributed by atoms with Gasteiger partial charge in [0.1, 0.15) is 17.6 Å². The number of hydrogen-bond donors (Lipinski definition) is 0. The van der Waals surface area contributed by atoms with Gasteiger partial charge >= 0.3 is 12.1 Å². The van der Waals surface area contributed by atoms with Crippen LogP contribution in [0.3, 0.4) is 0 Å². The van der Waals surface area contributed by atoms with E-state index in [1.165, 1.54) is 18.3 Å². The van der Waals surface area contributed by atoms with Gasteiger partial charge in [0, 0.05) is 17.1 Å². The van der Waals surface area contributed by atoms with Crippen molar-refractivity contribution in [3.63, 3.8) is 0 Å². The average Bonchev–Trinajstić information content (AvgIpc) is 3.24. The maximum atomic E-state index is 14.3. The predicted octanol–water partition coefficient (Wildman–Crippen LogP) is 3.96. The van der Waals surface area contributed by atoms with E-state index in [0.29, 0.717) is 4.47 Å². The topological polar surface area (TPSA) is 90.7 Å². The largest absolute Gasteiger partial charge is 0.464 e. The molecule has 32 heavy (non-hydrogen) atoms. The van der Waals surface area contributed by atoms with Crippen LogP contribution in [0.4, 0.5) is 13.6 Å². The average molecular weight is 516 g/mol. The lowest BCUT2D eigenvalue weighted by Gasteiger charge is -2.29. The van der Waals surface area contributed by atoms with Gasteiger partial charge in [-0.1, -0.05) is 15.9 Å².